The van der Waals surface area contributed by atoms with Gasteiger partial charge in [0, 0.05) is 19.9 Å². The lowest BCUT2D eigenvalue weighted by Gasteiger charge is -2.22. The molecule has 26 heavy (non-hydrogen) atoms. The number of anilines is 1. The smallest absolute Gasteiger partial charge is 0.223 e. The maximum Gasteiger partial charge on any atom is 0.223 e. The molecule has 2 aromatic carbocycles. The maximum atomic E-state index is 13.9. The first-order valence-electron chi connectivity index (χ1n) is 8.07. The molecule has 0 radical (unpaired) electrons. The minimum absolute atomic E-state index is 0.116. The Bertz CT molecular complexity index is 797. The molecule has 0 aliphatic carbocycles. The zero-order chi connectivity index (χ0) is 19.3. The Morgan fingerprint density at radius 2 is 1.69 bits per heavy atom. The highest BCUT2D eigenvalue weighted by Gasteiger charge is 2.22. The molecule has 0 fully saturated rings. The monoisotopic (exact) mass is 364 g/mol. The average Bonchev–Trinajstić information content (AvgIpc) is 2.62. The molecule has 2 aromatic rings. The van der Waals surface area contributed by atoms with Crippen LogP contribution in [0.5, 0.6) is 0 Å². The van der Waals surface area contributed by atoms with E-state index in [4.69, 9.17) is 0 Å². The second-order valence-corrected chi connectivity index (χ2v) is 5.82. The van der Waals surface area contributed by atoms with Gasteiger partial charge in [-0.05, 0) is 24.6 Å². The van der Waals surface area contributed by atoms with Gasteiger partial charge in [-0.1, -0.05) is 30.3 Å². The summed E-state index contributed by atoms with van der Waals surface area (Å²) in [5, 5.41) is 2.77. The Hall–Kier alpha value is -2.83. The molecule has 0 bridgehead atoms. The van der Waals surface area contributed by atoms with Gasteiger partial charge in [-0.25, -0.2) is 13.2 Å². The third-order valence-corrected chi connectivity index (χ3v) is 3.93. The van der Waals surface area contributed by atoms with Crippen LogP contribution >= 0.6 is 0 Å². The number of carbonyl (C=O) groups is 2. The number of nitrogens with zero attached hydrogens (tertiary/aromatic N) is 1. The maximum absolute atomic E-state index is 13.9. The Morgan fingerprint density at radius 3 is 2.31 bits per heavy atom. The third-order valence-electron chi connectivity index (χ3n) is 3.93. The van der Waals surface area contributed by atoms with Gasteiger partial charge < -0.3 is 10.2 Å². The minimum Gasteiger partial charge on any atom is -0.350 e. The highest BCUT2D eigenvalue weighted by atomic mass is 19.2. The molecular weight excluding hydrogens is 345 g/mol. The van der Waals surface area contributed by atoms with Crippen LogP contribution in [0.3, 0.4) is 0 Å². The topological polar surface area (TPSA) is 49.4 Å². The Balaban J connectivity index is 2.04. The highest BCUT2D eigenvalue weighted by Crippen LogP contribution is 2.24. The molecule has 2 amide bonds. The van der Waals surface area contributed by atoms with Crippen LogP contribution < -0.4 is 10.2 Å². The normalized spacial score (nSPS) is 11.7. The first-order valence-corrected chi connectivity index (χ1v) is 8.07. The fourth-order valence-electron chi connectivity index (χ4n) is 2.52. The van der Waals surface area contributed by atoms with E-state index in [1.54, 1.807) is 0 Å². The summed E-state index contributed by atoms with van der Waals surface area (Å²) in [6.07, 6.45) is -0.116. The standard InChI is InChI=1S/C19H19F3N2O2/c1-12(14-6-4-3-5-7-14)23-17(26)10-11-24(13(2)25)16-9-8-15(20)18(21)19(16)22/h3-9,12H,10-11H2,1-2H3,(H,23,26). The molecule has 1 atom stereocenters. The van der Waals surface area contributed by atoms with Crippen molar-refractivity contribution in [3.63, 3.8) is 0 Å². The van der Waals surface area contributed by atoms with Gasteiger partial charge in [0.05, 0.1) is 11.7 Å². The van der Waals surface area contributed by atoms with E-state index in [1.165, 1.54) is 0 Å². The predicted molar refractivity (Wildman–Crippen MR) is 92.0 cm³/mol. The number of hydrogen-bond donors (Lipinski definition) is 1. The van der Waals surface area contributed by atoms with Gasteiger partial charge in [0.1, 0.15) is 0 Å². The zero-order valence-electron chi connectivity index (χ0n) is 14.4. The molecule has 0 aliphatic heterocycles. The van der Waals surface area contributed by atoms with Crippen molar-refractivity contribution >= 4 is 17.5 Å². The van der Waals surface area contributed by atoms with Crippen LogP contribution in [-0.2, 0) is 9.59 Å². The van der Waals surface area contributed by atoms with E-state index < -0.39 is 29.0 Å². The van der Waals surface area contributed by atoms with E-state index in [-0.39, 0.29) is 24.9 Å². The SMILES string of the molecule is CC(=O)N(CCC(=O)NC(C)c1ccccc1)c1ccc(F)c(F)c1F. The number of hydrogen-bond acceptors (Lipinski definition) is 2. The Morgan fingerprint density at radius 1 is 1.04 bits per heavy atom. The lowest BCUT2D eigenvalue weighted by atomic mass is 10.1. The summed E-state index contributed by atoms with van der Waals surface area (Å²) in [5.74, 6) is -5.40. The van der Waals surface area contributed by atoms with Crippen molar-refractivity contribution in [1.29, 1.82) is 0 Å². The van der Waals surface area contributed by atoms with Gasteiger partial charge in [0.2, 0.25) is 11.8 Å². The number of amides is 2. The van der Waals surface area contributed by atoms with Crippen LogP contribution in [-0.4, -0.2) is 18.4 Å². The zero-order valence-corrected chi connectivity index (χ0v) is 14.4. The largest absolute Gasteiger partial charge is 0.350 e. The van der Waals surface area contributed by atoms with Crippen molar-refractivity contribution in [3.05, 3.63) is 65.5 Å². The molecule has 138 valence electrons. The second-order valence-electron chi connectivity index (χ2n) is 5.82. The summed E-state index contributed by atoms with van der Waals surface area (Å²) >= 11 is 0. The van der Waals surface area contributed by atoms with Crippen LogP contribution in [0.2, 0.25) is 0 Å². The summed E-state index contributed by atoms with van der Waals surface area (Å²) in [7, 11) is 0. The summed E-state index contributed by atoms with van der Waals surface area (Å²) in [5.41, 5.74) is 0.510. The molecule has 2 rings (SSSR count). The van der Waals surface area contributed by atoms with Gasteiger partial charge in [0.15, 0.2) is 17.5 Å². The molecular formula is C19H19F3N2O2. The van der Waals surface area contributed by atoms with Crippen LogP contribution in [0.4, 0.5) is 18.9 Å². The van der Waals surface area contributed by atoms with Crippen molar-refractivity contribution in [3.8, 4) is 0 Å². The number of benzene rings is 2. The van der Waals surface area contributed by atoms with Crippen molar-refractivity contribution in [1.82, 2.24) is 5.32 Å². The number of nitrogens with one attached hydrogen (secondary N) is 1. The highest BCUT2D eigenvalue weighted by molar-refractivity contribution is 5.92. The summed E-state index contributed by atoms with van der Waals surface area (Å²) in [6, 6.07) is 10.8. The number of carbonyl (C=O) groups excluding carboxylic acids is 2. The fraction of sp³-hybridized carbons (Fsp3) is 0.263. The van der Waals surface area contributed by atoms with E-state index in [9.17, 15) is 22.8 Å². The lowest BCUT2D eigenvalue weighted by molar-refractivity contribution is -0.121. The van der Waals surface area contributed by atoms with Crippen LogP contribution in [0, 0.1) is 17.5 Å². The number of rotatable bonds is 6. The van der Waals surface area contributed by atoms with E-state index >= 15 is 0 Å². The van der Waals surface area contributed by atoms with Gasteiger partial charge in [-0.2, -0.15) is 0 Å². The summed E-state index contributed by atoms with van der Waals surface area (Å²) in [4.78, 5) is 24.8. The Kier molecular flexibility index (Phi) is 6.38. The van der Waals surface area contributed by atoms with Gasteiger partial charge in [0.25, 0.3) is 0 Å². The van der Waals surface area contributed by atoms with E-state index in [0.717, 1.165) is 29.5 Å². The first kappa shape index (κ1) is 19.5. The van der Waals surface area contributed by atoms with Gasteiger partial charge in [-0.3, -0.25) is 9.59 Å². The lowest BCUT2D eigenvalue weighted by Crippen LogP contribution is -2.35. The average molecular weight is 364 g/mol. The van der Waals surface area contributed by atoms with E-state index in [0.29, 0.717) is 0 Å². The molecule has 1 unspecified atom stereocenters. The molecule has 4 nitrogen and oxygen atoms in total. The van der Waals surface area contributed by atoms with E-state index in [2.05, 4.69) is 5.32 Å². The summed E-state index contributed by atoms with van der Waals surface area (Å²) < 4.78 is 40.4. The molecule has 0 aromatic heterocycles. The quantitative estimate of drug-likeness (QED) is 0.794. The van der Waals surface area contributed by atoms with E-state index in [1.807, 2.05) is 37.3 Å². The Labute approximate surface area is 149 Å². The second kappa shape index (κ2) is 8.51. The van der Waals surface area contributed by atoms with Crippen molar-refractivity contribution in [2.75, 3.05) is 11.4 Å². The van der Waals surface area contributed by atoms with Crippen LogP contribution in [0.25, 0.3) is 0 Å². The minimum atomic E-state index is -1.66. The molecule has 1 N–H and O–H groups in total. The van der Waals surface area contributed by atoms with Crippen LogP contribution in [0.15, 0.2) is 42.5 Å². The molecule has 0 spiro atoms. The first-order chi connectivity index (χ1) is 12.3. The van der Waals surface area contributed by atoms with Crippen molar-refractivity contribution < 1.29 is 22.8 Å². The molecule has 7 heteroatoms. The number of halogens is 3. The van der Waals surface area contributed by atoms with Gasteiger partial charge in [-0.15, -0.1) is 0 Å². The molecule has 0 heterocycles. The predicted octanol–water partition coefficient (Wildman–Crippen LogP) is 3.72. The van der Waals surface area contributed by atoms with Gasteiger partial charge >= 0.3 is 0 Å². The summed E-state index contributed by atoms with van der Waals surface area (Å²) in [6.45, 7) is 2.81. The molecule has 0 saturated heterocycles. The molecule has 0 saturated carbocycles. The molecule has 0 aliphatic rings. The third kappa shape index (κ3) is 4.62. The fourth-order valence-corrected chi connectivity index (χ4v) is 2.52. The van der Waals surface area contributed by atoms with Crippen molar-refractivity contribution in [2.45, 2.75) is 26.3 Å². The van der Waals surface area contributed by atoms with Crippen LogP contribution in [0.1, 0.15) is 31.9 Å². The van der Waals surface area contributed by atoms with Crippen molar-refractivity contribution in [2.24, 2.45) is 0 Å².